The number of benzene rings is 1. The first kappa shape index (κ1) is 16.6. The third kappa shape index (κ3) is 2.24. The lowest BCUT2D eigenvalue weighted by Gasteiger charge is -2.30. The van der Waals surface area contributed by atoms with E-state index in [0.29, 0.717) is 12.8 Å². The molecule has 4 unspecified atom stereocenters. The van der Waals surface area contributed by atoms with Crippen molar-refractivity contribution in [2.75, 3.05) is 7.05 Å². The van der Waals surface area contributed by atoms with Gasteiger partial charge in [0.05, 0.1) is 11.8 Å². The number of hydrogen-bond donors (Lipinski definition) is 2. The number of rotatable bonds is 5. The fourth-order valence-corrected chi connectivity index (χ4v) is 4.08. The Morgan fingerprint density at radius 2 is 1.92 bits per heavy atom. The number of imide groups is 1. The van der Waals surface area contributed by atoms with Crippen molar-refractivity contribution < 1.29 is 19.5 Å². The van der Waals surface area contributed by atoms with Crippen molar-refractivity contribution in [2.45, 2.75) is 37.8 Å². The quantitative estimate of drug-likeness (QED) is 0.801. The maximum Gasteiger partial charge on any atom is 0.324 e. The maximum absolute atomic E-state index is 12.7. The van der Waals surface area contributed by atoms with E-state index in [1.165, 1.54) is 7.05 Å². The highest BCUT2D eigenvalue weighted by atomic mass is 16.4. The van der Waals surface area contributed by atoms with E-state index in [1.807, 2.05) is 37.3 Å². The molecule has 3 rings (SSSR count). The Morgan fingerprint density at radius 1 is 1.25 bits per heavy atom. The highest BCUT2D eigenvalue weighted by molar-refractivity contribution is 6.09. The third-order valence-corrected chi connectivity index (χ3v) is 5.34. The van der Waals surface area contributed by atoms with Gasteiger partial charge >= 0.3 is 5.97 Å². The summed E-state index contributed by atoms with van der Waals surface area (Å²) < 4.78 is 0. The van der Waals surface area contributed by atoms with Crippen LogP contribution in [0.25, 0.3) is 0 Å². The summed E-state index contributed by atoms with van der Waals surface area (Å²) in [7, 11) is 1.44. The molecule has 128 valence electrons. The predicted octanol–water partition coefficient (Wildman–Crippen LogP) is 1.58. The number of carboxylic acid groups (broad SMARTS) is 1. The van der Waals surface area contributed by atoms with Crippen molar-refractivity contribution in [1.29, 1.82) is 0 Å². The average Bonchev–Trinajstić information content (AvgIpc) is 3.05. The minimum atomic E-state index is -1.39. The van der Waals surface area contributed by atoms with Gasteiger partial charge in [0.2, 0.25) is 11.8 Å². The lowest BCUT2D eigenvalue weighted by atomic mass is 9.76. The SMILES string of the molecule is CCCCC1(C(=O)O)NC(c2ccccc2)C2C(=O)N(C)C(=O)C21. The molecule has 2 heterocycles. The lowest BCUT2D eigenvalue weighted by Crippen LogP contribution is -2.55. The van der Waals surface area contributed by atoms with Gasteiger partial charge in [-0.15, -0.1) is 0 Å². The van der Waals surface area contributed by atoms with E-state index in [0.717, 1.165) is 16.9 Å². The highest BCUT2D eigenvalue weighted by Crippen LogP contribution is 2.50. The van der Waals surface area contributed by atoms with Gasteiger partial charge in [0.25, 0.3) is 0 Å². The van der Waals surface area contributed by atoms with Gasteiger partial charge in [0, 0.05) is 13.1 Å². The van der Waals surface area contributed by atoms with Crippen LogP contribution in [-0.2, 0) is 14.4 Å². The van der Waals surface area contributed by atoms with Gasteiger partial charge in [0.15, 0.2) is 0 Å². The van der Waals surface area contributed by atoms with Crippen LogP contribution in [0.15, 0.2) is 30.3 Å². The summed E-state index contributed by atoms with van der Waals surface area (Å²) in [5.74, 6) is -3.27. The number of nitrogens with zero attached hydrogens (tertiary/aromatic N) is 1. The van der Waals surface area contributed by atoms with Crippen molar-refractivity contribution in [2.24, 2.45) is 11.8 Å². The number of aliphatic carboxylic acids is 1. The molecular formula is C18H22N2O4. The van der Waals surface area contributed by atoms with Gasteiger partial charge in [-0.3, -0.25) is 24.6 Å². The minimum absolute atomic E-state index is 0.300. The van der Waals surface area contributed by atoms with E-state index in [2.05, 4.69) is 5.32 Å². The molecule has 2 amide bonds. The molecule has 2 aliphatic rings. The second-order valence-corrected chi connectivity index (χ2v) is 6.65. The normalized spacial score (nSPS) is 32.2. The standard InChI is InChI=1S/C18H22N2O4/c1-3-4-10-18(17(23)24)13-12(15(21)20(2)16(13)22)14(19-18)11-8-6-5-7-9-11/h5-9,12-14,19H,3-4,10H2,1-2H3,(H,23,24). The van der Waals surface area contributed by atoms with Crippen molar-refractivity contribution in [3.8, 4) is 0 Å². The number of carboxylic acids is 1. The lowest BCUT2D eigenvalue weighted by molar-refractivity contribution is -0.151. The van der Waals surface area contributed by atoms with Crippen LogP contribution in [0.3, 0.4) is 0 Å². The zero-order valence-electron chi connectivity index (χ0n) is 13.9. The Bertz CT molecular complexity index is 675. The molecule has 0 aromatic heterocycles. The largest absolute Gasteiger partial charge is 0.480 e. The summed E-state index contributed by atoms with van der Waals surface area (Å²) in [6.45, 7) is 1.98. The molecular weight excluding hydrogens is 308 g/mol. The van der Waals surface area contributed by atoms with Crippen LogP contribution in [0.2, 0.25) is 0 Å². The van der Waals surface area contributed by atoms with Crippen molar-refractivity contribution >= 4 is 17.8 Å². The number of hydrogen-bond acceptors (Lipinski definition) is 4. The summed E-state index contributed by atoms with van der Waals surface area (Å²) in [4.78, 5) is 38.6. The van der Waals surface area contributed by atoms with Gasteiger partial charge < -0.3 is 5.11 Å². The fraction of sp³-hybridized carbons (Fsp3) is 0.500. The highest BCUT2D eigenvalue weighted by Gasteiger charge is 2.67. The van der Waals surface area contributed by atoms with Crippen LogP contribution in [0.5, 0.6) is 0 Å². The molecule has 0 spiro atoms. The second kappa shape index (κ2) is 6.02. The number of nitrogens with one attached hydrogen (secondary N) is 1. The number of unbranched alkanes of at least 4 members (excludes halogenated alkanes) is 1. The summed E-state index contributed by atoms with van der Waals surface area (Å²) in [6.07, 6.45) is 1.83. The van der Waals surface area contributed by atoms with E-state index in [9.17, 15) is 19.5 Å². The van der Waals surface area contributed by atoms with Gasteiger partial charge in [-0.1, -0.05) is 50.1 Å². The van der Waals surface area contributed by atoms with Crippen molar-refractivity contribution in [3.63, 3.8) is 0 Å². The molecule has 0 saturated carbocycles. The number of carbonyl (C=O) groups is 3. The summed E-state index contributed by atoms with van der Waals surface area (Å²) in [5, 5.41) is 13.1. The number of amides is 2. The molecule has 2 saturated heterocycles. The van der Waals surface area contributed by atoms with Crippen LogP contribution < -0.4 is 5.32 Å². The van der Waals surface area contributed by atoms with Crippen LogP contribution in [-0.4, -0.2) is 40.4 Å². The Hall–Kier alpha value is -2.21. The van der Waals surface area contributed by atoms with E-state index < -0.39 is 35.3 Å². The van der Waals surface area contributed by atoms with E-state index in [-0.39, 0.29) is 5.91 Å². The van der Waals surface area contributed by atoms with Gasteiger partial charge in [0.1, 0.15) is 5.54 Å². The summed E-state index contributed by atoms with van der Waals surface area (Å²) in [5.41, 5.74) is -0.554. The number of likely N-dealkylation sites (tertiary alicyclic amines) is 1. The number of fused-ring (bicyclic) bond motifs is 1. The summed E-state index contributed by atoms with van der Waals surface area (Å²) in [6, 6.07) is 8.83. The molecule has 4 atom stereocenters. The first-order valence-corrected chi connectivity index (χ1v) is 8.31. The molecule has 2 fully saturated rings. The fourth-order valence-electron chi connectivity index (χ4n) is 4.08. The van der Waals surface area contributed by atoms with Crippen LogP contribution in [0.4, 0.5) is 0 Å². The van der Waals surface area contributed by atoms with Gasteiger partial charge in [-0.25, -0.2) is 0 Å². The minimum Gasteiger partial charge on any atom is -0.480 e. The molecule has 2 aliphatic heterocycles. The van der Waals surface area contributed by atoms with E-state index in [1.54, 1.807) is 0 Å². The van der Waals surface area contributed by atoms with Crippen molar-refractivity contribution in [1.82, 2.24) is 10.2 Å². The molecule has 24 heavy (non-hydrogen) atoms. The second-order valence-electron chi connectivity index (χ2n) is 6.65. The van der Waals surface area contributed by atoms with Gasteiger partial charge in [-0.2, -0.15) is 0 Å². The molecule has 1 aromatic rings. The van der Waals surface area contributed by atoms with Crippen LogP contribution >= 0.6 is 0 Å². The molecule has 2 N–H and O–H groups in total. The van der Waals surface area contributed by atoms with Gasteiger partial charge in [-0.05, 0) is 12.0 Å². The zero-order chi connectivity index (χ0) is 17.5. The maximum atomic E-state index is 12.7. The first-order valence-electron chi connectivity index (χ1n) is 8.31. The van der Waals surface area contributed by atoms with Crippen LogP contribution in [0.1, 0.15) is 37.8 Å². The zero-order valence-corrected chi connectivity index (χ0v) is 13.9. The molecule has 0 radical (unpaired) electrons. The third-order valence-electron chi connectivity index (χ3n) is 5.34. The Kier molecular flexibility index (Phi) is 4.17. The Morgan fingerprint density at radius 3 is 2.50 bits per heavy atom. The summed E-state index contributed by atoms with van der Waals surface area (Å²) >= 11 is 0. The predicted molar refractivity (Wildman–Crippen MR) is 87.0 cm³/mol. The number of carbonyl (C=O) groups excluding carboxylic acids is 2. The monoisotopic (exact) mass is 330 g/mol. The smallest absolute Gasteiger partial charge is 0.324 e. The Labute approximate surface area is 140 Å². The molecule has 1 aromatic carbocycles. The molecule has 6 heteroatoms. The van der Waals surface area contributed by atoms with Crippen LogP contribution in [0, 0.1) is 11.8 Å². The molecule has 0 aliphatic carbocycles. The molecule has 0 bridgehead atoms. The van der Waals surface area contributed by atoms with E-state index in [4.69, 9.17) is 0 Å². The van der Waals surface area contributed by atoms with E-state index >= 15 is 0 Å². The Balaban J connectivity index is 2.10. The first-order chi connectivity index (χ1) is 11.4. The molecule has 6 nitrogen and oxygen atoms in total. The topological polar surface area (TPSA) is 86.7 Å². The average molecular weight is 330 g/mol. The van der Waals surface area contributed by atoms with Crippen molar-refractivity contribution in [3.05, 3.63) is 35.9 Å².